The van der Waals surface area contributed by atoms with Gasteiger partial charge in [-0.15, -0.1) is 0 Å². The van der Waals surface area contributed by atoms with E-state index in [1.807, 2.05) is 25.1 Å². The van der Waals surface area contributed by atoms with Gasteiger partial charge in [-0.1, -0.05) is 62.2 Å². The van der Waals surface area contributed by atoms with Crippen LogP contribution >= 0.6 is 0 Å². The van der Waals surface area contributed by atoms with Gasteiger partial charge in [0.05, 0.1) is 30.3 Å². The Kier molecular flexibility index (Phi) is 5.80. The lowest BCUT2D eigenvalue weighted by Crippen LogP contribution is -2.46. The summed E-state index contributed by atoms with van der Waals surface area (Å²) in [7, 11) is 0. The largest absolute Gasteiger partial charge is 0.389 e. The zero-order valence-corrected chi connectivity index (χ0v) is 17.8. The molecule has 2 aliphatic heterocycles. The summed E-state index contributed by atoms with van der Waals surface area (Å²) in [6, 6.07) is 14.9. The first-order chi connectivity index (χ1) is 15.4. The average molecular weight is 435 g/mol. The lowest BCUT2D eigenvalue weighted by atomic mass is 9.85. The fourth-order valence-corrected chi connectivity index (χ4v) is 4.35. The summed E-state index contributed by atoms with van der Waals surface area (Å²) in [5.74, 6) is -1.43. The smallest absolute Gasteiger partial charge is 0.325 e. The van der Waals surface area contributed by atoms with Crippen LogP contribution in [0.1, 0.15) is 52.5 Å². The lowest BCUT2D eigenvalue weighted by Gasteiger charge is -2.28. The van der Waals surface area contributed by atoms with Gasteiger partial charge >= 0.3 is 6.03 Å². The van der Waals surface area contributed by atoms with E-state index in [1.165, 1.54) is 0 Å². The molecule has 0 saturated carbocycles. The van der Waals surface area contributed by atoms with Gasteiger partial charge < -0.3 is 10.4 Å². The maximum absolute atomic E-state index is 13.4. The third kappa shape index (κ3) is 3.56. The minimum Gasteiger partial charge on any atom is -0.389 e. The van der Waals surface area contributed by atoms with Crippen molar-refractivity contribution >= 4 is 23.8 Å². The zero-order valence-electron chi connectivity index (χ0n) is 17.8. The topological polar surface area (TPSA) is 107 Å². The van der Waals surface area contributed by atoms with Crippen molar-refractivity contribution in [2.45, 2.75) is 37.8 Å². The Morgan fingerprint density at radius 2 is 1.44 bits per heavy atom. The van der Waals surface area contributed by atoms with E-state index in [1.54, 1.807) is 36.4 Å². The Hall–Kier alpha value is -3.52. The fourth-order valence-electron chi connectivity index (χ4n) is 4.35. The number of fused-ring (bicyclic) bond motifs is 1. The summed E-state index contributed by atoms with van der Waals surface area (Å²) >= 11 is 0. The second-order valence-corrected chi connectivity index (χ2v) is 8.14. The quantitative estimate of drug-likeness (QED) is 0.489. The molecule has 2 atom stereocenters. The third-order valence-corrected chi connectivity index (χ3v) is 6.01. The SMILES string of the molecule is CCCC[C@]1(c2ccccc2)NC(=O)N(C[C@H](O)CN2C(=O)c3ccccc3C2=O)C1=O. The van der Waals surface area contributed by atoms with E-state index in [2.05, 4.69) is 5.32 Å². The van der Waals surface area contributed by atoms with Gasteiger partial charge in [0, 0.05) is 0 Å². The van der Waals surface area contributed by atoms with Crippen molar-refractivity contribution in [3.63, 3.8) is 0 Å². The molecule has 2 aromatic carbocycles. The molecule has 32 heavy (non-hydrogen) atoms. The summed E-state index contributed by atoms with van der Waals surface area (Å²) in [5, 5.41) is 13.4. The Labute approximate surface area is 185 Å². The number of hydrogen-bond acceptors (Lipinski definition) is 5. The highest BCUT2D eigenvalue weighted by molar-refractivity contribution is 6.21. The Morgan fingerprint density at radius 3 is 2.03 bits per heavy atom. The number of carbonyl (C=O) groups excluding carboxylic acids is 4. The summed E-state index contributed by atoms with van der Waals surface area (Å²) in [6.45, 7) is 1.37. The maximum atomic E-state index is 13.4. The molecule has 1 fully saturated rings. The van der Waals surface area contributed by atoms with Gasteiger partial charge in [0.2, 0.25) is 0 Å². The first kappa shape index (κ1) is 21.7. The van der Waals surface area contributed by atoms with E-state index in [0.29, 0.717) is 12.0 Å². The predicted molar refractivity (Wildman–Crippen MR) is 116 cm³/mol. The molecule has 0 aromatic heterocycles. The molecule has 166 valence electrons. The molecular weight excluding hydrogens is 410 g/mol. The van der Waals surface area contributed by atoms with Crippen LogP contribution in [-0.4, -0.2) is 57.9 Å². The maximum Gasteiger partial charge on any atom is 0.325 e. The number of aliphatic hydroxyl groups is 1. The average Bonchev–Trinajstić information content (AvgIpc) is 3.19. The van der Waals surface area contributed by atoms with E-state index < -0.39 is 35.4 Å². The van der Waals surface area contributed by atoms with Crippen LogP contribution in [0.25, 0.3) is 0 Å². The molecule has 8 heteroatoms. The van der Waals surface area contributed by atoms with Gasteiger partial charge in [0.1, 0.15) is 5.54 Å². The van der Waals surface area contributed by atoms with Crippen molar-refractivity contribution < 1.29 is 24.3 Å². The number of unbranched alkanes of at least 4 members (excludes halogenated alkanes) is 1. The molecule has 0 bridgehead atoms. The third-order valence-electron chi connectivity index (χ3n) is 6.01. The van der Waals surface area contributed by atoms with Crippen LogP contribution in [-0.2, 0) is 10.3 Å². The lowest BCUT2D eigenvalue weighted by molar-refractivity contribution is -0.133. The van der Waals surface area contributed by atoms with Crippen LogP contribution in [0.2, 0.25) is 0 Å². The summed E-state index contributed by atoms with van der Waals surface area (Å²) in [5.41, 5.74) is 0.0534. The standard InChI is InChI=1S/C24H25N3O5/c1-2-3-13-24(16-9-5-4-6-10-16)22(31)27(23(32)25-24)15-17(28)14-26-20(29)18-11-7-8-12-19(18)21(26)30/h4-12,17,28H,2-3,13-15H2,1H3,(H,25,32)/t17-,24-/m1/s1. The molecule has 1 saturated heterocycles. The second-order valence-electron chi connectivity index (χ2n) is 8.14. The van der Waals surface area contributed by atoms with Crippen LogP contribution in [0.3, 0.4) is 0 Å². The van der Waals surface area contributed by atoms with Crippen LogP contribution in [0.4, 0.5) is 4.79 Å². The van der Waals surface area contributed by atoms with Crippen molar-refractivity contribution in [2.75, 3.05) is 13.1 Å². The van der Waals surface area contributed by atoms with Crippen molar-refractivity contribution in [3.8, 4) is 0 Å². The number of urea groups is 1. The number of imide groups is 2. The van der Waals surface area contributed by atoms with E-state index in [-0.39, 0.29) is 24.2 Å². The first-order valence-corrected chi connectivity index (χ1v) is 10.7. The van der Waals surface area contributed by atoms with Gasteiger partial charge in [0.25, 0.3) is 17.7 Å². The minimum absolute atomic E-state index is 0.280. The number of aliphatic hydroxyl groups excluding tert-OH is 1. The molecule has 0 unspecified atom stereocenters. The molecule has 5 amide bonds. The zero-order chi connectivity index (χ0) is 22.9. The predicted octanol–water partition coefficient (Wildman–Crippen LogP) is 2.28. The van der Waals surface area contributed by atoms with Crippen molar-refractivity contribution in [3.05, 3.63) is 71.3 Å². The Balaban J connectivity index is 1.51. The summed E-state index contributed by atoms with van der Waals surface area (Å²) in [4.78, 5) is 53.2. The van der Waals surface area contributed by atoms with Gasteiger partial charge in [-0.3, -0.25) is 24.2 Å². The van der Waals surface area contributed by atoms with E-state index >= 15 is 0 Å². The number of hydrogen-bond donors (Lipinski definition) is 2. The number of nitrogens with zero attached hydrogens (tertiary/aromatic N) is 2. The molecule has 4 rings (SSSR count). The Bertz CT molecular complexity index is 1040. The first-order valence-electron chi connectivity index (χ1n) is 10.7. The Morgan fingerprint density at radius 1 is 0.875 bits per heavy atom. The van der Waals surface area contributed by atoms with Gasteiger partial charge in [-0.2, -0.15) is 0 Å². The van der Waals surface area contributed by atoms with E-state index in [4.69, 9.17) is 0 Å². The van der Waals surface area contributed by atoms with Gasteiger partial charge in [-0.25, -0.2) is 4.79 Å². The molecule has 2 N–H and O–H groups in total. The highest BCUT2D eigenvalue weighted by Gasteiger charge is 2.52. The number of nitrogens with one attached hydrogen (secondary N) is 1. The molecule has 2 aliphatic rings. The monoisotopic (exact) mass is 435 g/mol. The minimum atomic E-state index is -1.27. The van der Waals surface area contributed by atoms with Crippen molar-refractivity contribution in [2.24, 2.45) is 0 Å². The molecular formula is C24H25N3O5. The van der Waals surface area contributed by atoms with Crippen LogP contribution in [0, 0.1) is 0 Å². The fraction of sp³-hybridized carbons (Fsp3) is 0.333. The van der Waals surface area contributed by atoms with Crippen LogP contribution in [0.15, 0.2) is 54.6 Å². The van der Waals surface area contributed by atoms with Gasteiger partial charge in [0.15, 0.2) is 0 Å². The highest BCUT2D eigenvalue weighted by atomic mass is 16.3. The normalized spacial score (nSPS) is 21.2. The number of rotatable bonds is 8. The van der Waals surface area contributed by atoms with Crippen molar-refractivity contribution in [1.29, 1.82) is 0 Å². The second kappa shape index (κ2) is 8.55. The summed E-state index contributed by atoms with van der Waals surface area (Å²) < 4.78 is 0. The number of carbonyl (C=O) groups is 4. The number of benzene rings is 2. The molecule has 8 nitrogen and oxygen atoms in total. The van der Waals surface area contributed by atoms with E-state index in [0.717, 1.165) is 22.6 Å². The van der Waals surface area contributed by atoms with Gasteiger partial charge in [-0.05, 0) is 24.1 Å². The number of amides is 5. The summed E-state index contributed by atoms with van der Waals surface area (Å²) in [6.07, 6.45) is 0.736. The van der Waals surface area contributed by atoms with Crippen molar-refractivity contribution in [1.82, 2.24) is 15.1 Å². The highest BCUT2D eigenvalue weighted by Crippen LogP contribution is 2.34. The molecule has 2 heterocycles. The van der Waals surface area contributed by atoms with Crippen LogP contribution < -0.4 is 5.32 Å². The molecule has 0 spiro atoms. The molecule has 0 radical (unpaired) electrons. The van der Waals surface area contributed by atoms with Crippen LogP contribution in [0.5, 0.6) is 0 Å². The molecule has 0 aliphatic carbocycles. The molecule has 2 aromatic rings. The van der Waals surface area contributed by atoms with E-state index in [9.17, 15) is 24.3 Å². The number of β-amino-alcohol motifs (C(OH)–C–C–N with tert-alkyl or cyclic N) is 1.